The molecule has 5 atom stereocenters. The van der Waals surface area contributed by atoms with Crippen LogP contribution in [0.15, 0.2) is 12.3 Å². The van der Waals surface area contributed by atoms with Crippen LogP contribution in [0.2, 0.25) is 0 Å². The van der Waals surface area contributed by atoms with E-state index in [4.69, 9.17) is 18.9 Å². The van der Waals surface area contributed by atoms with Crippen LogP contribution in [0.1, 0.15) is 20.8 Å². The van der Waals surface area contributed by atoms with E-state index < -0.39 is 54.7 Å². The van der Waals surface area contributed by atoms with Gasteiger partial charge in [-0.2, -0.15) is 0 Å². The Hall–Kier alpha value is -2.66. The molecule has 2 N–H and O–H groups in total. The molecule has 0 bridgehead atoms. The van der Waals surface area contributed by atoms with Gasteiger partial charge in [-0.15, -0.1) is 0 Å². The van der Waals surface area contributed by atoms with Gasteiger partial charge in [-0.25, -0.2) is 4.79 Å². The van der Waals surface area contributed by atoms with Gasteiger partial charge in [0, 0.05) is 27.0 Å². The van der Waals surface area contributed by atoms with Gasteiger partial charge >= 0.3 is 23.9 Å². The van der Waals surface area contributed by atoms with Crippen molar-refractivity contribution in [3.63, 3.8) is 0 Å². The van der Waals surface area contributed by atoms with Crippen molar-refractivity contribution in [2.24, 2.45) is 0 Å². The molecule has 2 aliphatic rings. The number of urea groups is 1. The van der Waals surface area contributed by atoms with Gasteiger partial charge in [0.15, 0.2) is 18.4 Å². The van der Waals surface area contributed by atoms with Crippen LogP contribution in [0, 0.1) is 0 Å². The van der Waals surface area contributed by atoms with Crippen LogP contribution in [0.4, 0.5) is 4.79 Å². The average Bonchev–Trinajstić information content (AvgIpc) is 2.82. The Balaban J connectivity index is 2.30. The quantitative estimate of drug-likeness (QED) is 0.459. The van der Waals surface area contributed by atoms with E-state index in [-0.39, 0.29) is 6.61 Å². The lowest BCUT2D eigenvalue weighted by Crippen LogP contribution is -2.54. The molecule has 0 spiro atoms. The third-order valence-electron chi connectivity index (χ3n) is 3.55. The number of carbonyl (C=O) groups excluding carboxylic acids is 4. The highest BCUT2D eigenvalue weighted by Gasteiger charge is 2.53. The van der Waals surface area contributed by atoms with Crippen molar-refractivity contribution in [2.45, 2.75) is 51.5 Å². The Bertz CT molecular complexity index is 620. The van der Waals surface area contributed by atoms with Crippen LogP contribution in [-0.4, -0.2) is 71.3 Å². The Morgan fingerprint density at radius 1 is 1.15 bits per heavy atom. The van der Waals surface area contributed by atoms with Gasteiger partial charge in [-0.1, -0.05) is 0 Å². The molecule has 0 radical (unpaired) electrons. The molecule has 0 aliphatic carbocycles. The Morgan fingerprint density at radius 3 is 2.31 bits per heavy atom. The summed E-state index contributed by atoms with van der Waals surface area (Å²) < 4.78 is 21.0. The number of hydrogen-bond donors (Lipinski definition) is 2. The van der Waals surface area contributed by atoms with Gasteiger partial charge in [-0.3, -0.25) is 19.3 Å². The van der Waals surface area contributed by atoms with Gasteiger partial charge in [-0.05, 0) is 6.08 Å². The largest absolute Gasteiger partial charge is 0.463 e. The van der Waals surface area contributed by atoms with Gasteiger partial charge in [0.1, 0.15) is 18.9 Å². The highest BCUT2D eigenvalue weighted by atomic mass is 16.7. The number of hydrogen-bond acceptors (Lipinski definition) is 9. The van der Waals surface area contributed by atoms with Crippen molar-refractivity contribution in [2.75, 3.05) is 6.61 Å². The molecule has 1 fully saturated rings. The summed E-state index contributed by atoms with van der Waals surface area (Å²) >= 11 is 0. The van der Waals surface area contributed by atoms with Crippen molar-refractivity contribution in [3.05, 3.63) is 12.3 Å². The summed E-state index contributed by atoms with van der Waals surface area (Å²) in [5, 5.41) is 11.7. The summed E-state index contributed by atoms with van der Waals surface area (Å²) in [5.74, 6) is -1.94. The highest BCUT2D eigenvalue weighted by Crippen LogP contribution is 2.30. The van der Waals surface area contributed by atoms with Crippen molar-refractivity contribution in [3.8, 4) is 0 Å². The van der Waals surface area contributed by atoms with Crippen LogP contribution in [0.3, 0.4) is 0 Å². The Kier molecular flexibility index (Phi) is 6.16. The SMILES string of the molecule is CC(=O)OC[C@H]1O[C@@H](N2C=CC(O)NC2=O)C(OC(C)=O)C1OC(C)=O. The molecule has 2 rings (SSSR count). The van der Waals surface area contributed by atoms with E-state index in [1.54, 1.807) is 0 Å². The number of rotatable bonds is 5. The van der Waals surface area contributed by atoms with Crippen LogP contribution < -0.4 is 5.32 Å². The topological polar surface area (TPSA) is 141 Å². The molecule has 144 valence electrons. The predicted octanol–water partition coefficient (Wildman–Crippen LogP) is -1.00. The lowest BCUT2D eigenvalue weighted by atomic mass is 10.1. The molecular formula is C15H20N2O9. The first-order valence-electron chi connectivity index (χ1n) is 7.77. The molecule has 2 aliphatic heterocycles. The monoisotopic (exact) mass is 372 g/mol. The molecule has 0 aromatic rings. The maximum Gasteiger partial charge on any atom is 0.325 e. The molecule has 0 aromatic carbocycles. The first-order chi connectivity index (χ1) is 12.2. The minimum absolute atomic E-state index is 0.274. The Morgan fingerprint density at radius 2 is 1.77 bits per heavy atom. The van der Waals surface area contributed by atoms with E-state index >= 15 is 0 Å². The minimum atomic E-state index is -1.17. The van der Waals surface area contributed by atoms with Crippen LogP contribution >= 0.6 is 0 Å². The molecule has 2 heterocycles. The molecular weight excluding hydrogens is 352 g/mol. The average molecular weight is 372 g/mol. The first kappa shape index (κ1) is 19.7. The summed E-state index contributed by atoms with van der Waals surface area (Å²) in [6.45, 7) is 3.23. The fraction of sp³-hybridized carbons (Fsp3) is 0.600. The second-order valence-corrected chi connectivity index (χ2v) is 5.66. The van der Waals surface area contributed by atoms with Crippen molar-refractivity contribution in [1.82, 2.24) is 10.2 Å². The molecule has 2 amide bonds. The van der Waals surface area contributed by atoms with E-state index in [1.165, 1.54) is 19.2 Å². The minimum Gasteiger partial charge on any atom is -0.463 e. The van der Waals surface area contributed by atoms with E-state index in [9.17, 15) is 24.3 Å². The predicted molar refractivity (Wildman–Crippen MR) is 81.9 cm³/mol. The summed E-state index contributed by atoms with van der Waals surface area (Å²) in [7, 11) is 0. The summed E-state index contributed by atoms with van der Waals surface area (Å²) in [6, 6.07) is -0.711. The number of esters is 3. The van der Waals surface area contributed by atoms with Gasteiger partial charge < -0.3 is 29.4 Å². The van der Waals surface area contributed by atoms with Crippen LogP contribution in [-0.2, 0) is 33.3 Å². The number of nitrogens with zero attached hydrogens (tertiary/aromatic N) is 1. The fourth-order valence-corrected chi connectivity index (χ4v) is 2.61. The molecule has 26 heavy (non-hydrogen) atoms. The zero-order valence-electron chi connectivity index (χ0n) is 14.4. The molecule has 11 heteroatoms. The van der Waals surface area contributed by atoms with E-state index in [2.05, 4.69) is 5.32 Å². The summed E-state index contributed by atoms with van der Waals surface area (Å²) in [6.07, 6.45) is -3.04. The molecule has 1 saturated heterocycles. The number of carbonyl (C=O) groups is 4. The highest BCUT2D eigenvalue weighted by molar-refractivity contribution is 5.77. The Labute approximate surface area is 148 Å². The van der Waals surface area contributed by atoms with Crippen LogP contribution in [0.5, 0.6) is 0 Å². The molecule has 0 aromatic heterocycles. The van der Waals surface area contributed by atoms with Gasteiger partial charge in [0.05, 0.1) is 0 Å². The molecule has 0 saturated carbocycles. The van der Waals surface area contributed by atoms with Crippen molar-refractivity contribution in [1.29, 1.82) is 0 Å². The zero-order chi connectivity index (χ0) is 19.4. The second kappa shape index (κ2) is 8.15. The smallest absolute Gasteiger partial charge is 0.325 e. The number of amides is 2. The third kappa shape index (κ3) is 4.70. The van der Waals surface area contributed by atoms with Gasteiger partial charge in [0.2, 0.25) is 0 Å². The van der Waals surface area contributed by atoms with E-state index in [0.717, 1.165) is 18.7 Å². The summed E-state index contributed by atoms with van der Waals surface area (Å²) in [5.41, 5.74) is 0. The normalized spacial score (nSPS) is 30.5. The third-order valence-corrected chi connectivity index (χ3v) is 3.55. The summed E-state index contributed by atoms with van der Waals surface area (Å²) in [4.78, 5) is 47.2. The zero-order valence-corrected chi connectivity index (χ0v) is 14.4. The van der Waals surface area contributed by atoms with E-state index in [0.29, 0.717) is 0 Å². The van der Waals surface area contributed by atoms with E-state index in [1.807, 2.05) is 0 Å². The van der Waals surface area contributed by atoms with Crippen LogP contribution in [0.25, 0.3) is 0 Å². The standard InChI is InChI=1S/C15H20N2O9/c1-7(18)23-6-10-12(24-8(2)19)13(25-9(3)20)14(26-10)17-5-4-11(21)16-15(17)22/h4-5,10-14,21H,6H2,1-3H3,(H,16,22)/t10-,11?,12?,13?,14-/m1/s1. The molecule has 3 unspecified atom stereocenters. The lowest BCUT2D eigenvalue weighted by molar-refractivity contribution is -0.166. The van der Waals surface area contributed by atoms with Crippen molar-refractivity contribution < 1.29 is 43.2 Å². The maximum atomic E-state index is 12.1. The molecule has 11 nitrogen and oxygen atoms in total. The first-order valence-corrected chi connectivity index (χ1v) is 7.77. The lowest BCUT2D eigenvalue weighted by Gasteiger charge is -2.32. The van der Waals surface area contributed by atoms with Gasteiger partial charge in [0.25, 0.3) is 0 Å². The number of aliphatic hydroxyl groups is 1. The number of aliphatic hydroxyl groups excluding tert-OH is 1. The number of nitrogens with one attached hydrogen (secondary N) is 1. The fourth-order valence-electron chi connectivity index (χ4n) is 2.61. The van der Waals surface area contributed by atoms with Crippen molar-refractivity contribution >= 4 is 23.9 Å². The second-order valence-electron chi connectivity index (χ2n) is 5.66. The number of ether oxygens (including phenoxy) is 4. The maximum absolute atomic E-state index is 12.1.